The average Bonchev–Trinajstić information content (AvgIpc) is 3.42. The van der Waals surface area contributed by atoms with Crippen LogP contribution in [0.1, 0.15) is 25.8 Å². The summed E-state index contributed by atoms with van der Waals surface area (Å²) in [4.78, 5) is 37.6. The maximum atomic E-state index is 12.8. The molecule has 4 rings (SSSR count). The molecule has 8 nitrogen and oxygen atoms in total. The molecule has 1 heterocycles. The summed E-state index contributed by atoms with van der Waals surface area (Å²) in [5, 5.41) is 5.16. The van der Waals surface area contributed by atoms with E-state index in [-0.39, 0.29) is 47.8 Å². The van der Waals surface area contributed by atoms with Crippen LogP contribution in [0.3, 0.4) is 0 Å². The molecule has 2 fully saturated rings. The summed E-state index contributed by atoms with van der Waals surface area (Å²) in [6, 6.07) is 5.12. The number of hydrazone groups is 1. The topological polar surface area (TPSA) is 94.5 Å². The van der Waals surface area contributed by atoms with E-state index in [0.717, 1.165) is 11.4 Å². The van der Waals surface area contributed by atoms with Crippen molar-refractivity contribution in [3.63, 3.8) is 0 Å². The van der Waals surface area contributed by atoms with Gasteiger partial charge in [0, 0.05) is 5.56 Å². The van der Waals surface area contributed by atoms with Crippen LogP contribution in [0.5, 0.6) is 11.5 Å². The third-order valence-electron chi connectivity index (χ3n) is 5.90. The van der Waals surface area contributed by atoms with E-state index in [2.05, 4.69) is 5.10 Å². The Morgan fingerprint density at radius 2 is 1.90 bits per heavy atom. The molecule has 30 heavy (non-hydrogen) atoms. The first kappa shape index (κ1) is 20.1. The fourth-order valence-corrected chi connectivity index (χ4v) is 4.53. The Morgan fingerprint density at radius 1 is 1.23 bits per heavy atom. The van der Waals surface area contributed by atoms with Gasteiger partial charge in [-0.15, -0.1) is 0 Å². The Bertz CT molecular complexity index is 910. The number of amides is 2. The van der Waals surface area contributed by atoms with E-state index in [1.54, 1.807) is 32.0 Å². The van der Waals surface area contributed by atoms with Crippen molar-refractivity contribution in [1.29, 1.82) is 0 Å². The molecule has 0 N–H and O–H groups in total. The Balaban J connectivity index is 1.57. The quantitative estimate of drug-likeness (QED) is 0.295. The van der Waals surface area contributed by atoms with E-state index < -0.39 is 12.1 Å². The second-order valence-electron chi connectivity index (χ2n) is 7.62. The molecule has 2 bridgehead atoms. The van der Waals surface area contributed by atoms with Gasteiger partial charge in [0.05, 0.1) is 31.8 Å². The zero-order valence-electron chi connectivity index (χ0n) is 17.1. The van der Waals surface area contributed by atoms with E-state index in [9.17, 15) is 14.4 Å². The Morgan fingerprint density at radius 3 is 2.50 bits per heavy atom. The molecule has 1 saturated carbocycles. The van der Waals surface area contributed by atoms with E-state index in [4.69, 9.17) is 14.2 Å². The van der Waals surface area contributed by atoms with Gasteiger partial charge in [0.2, 0.25) is 0 Å². The lowest BCUT2D eigenvalue weighted by molar-refractivity contribution is -0.150. The normalized spacial score (nSPS) is 27.6. The first-order valence-electron chi connectivity index (χ1n) is 10.1. The van der Waals surface area contributed by atoms with E-state index in [1.807, 2.05) is 12.2 Å². The van der Waals surface area contributed by atoms with E-state index in [0.29, 0.717) is 11.3 Å². The number of fused-ring (bicyclic) bond motifs is 5. The van der Waals surface area contributed by atoms with Crippen LogP contribution in [0.15, 0.2) is 35.5 Å². The fourth-order valence-electron chi connectivity index (χ4n) is 4.53. The standard InChI is InChI=1S/C22H24N2O6/c1-4-29-22(27)12(2)30-19-15(6-5-7-16(19)28-3)11-23-24-20(25)17-13-8-9-14(10-13)18(17)21(24)26/h5-9,11-14,17-18H,4,10H2,1-3H3. The number of ether oxygens (including phenoxy) is 3. The predicted octanol–water partition coefficient (Wildman–Crippen LogP) is 2.17. The molecule has 158 valence electrons. The van der Waals surface area contributed by atoms with Crippen LogP contribution < -0.4 is 9.47 Å². The Hall–Kier alpha value is -3.16. The molecular formula is C22H24N2O6. The van der Waals surface area contributed by atoms with Crippen LogP contribution in [0.2, 0.25) is 0 Å². The summed E-state index contributed by atoms with van der Waals surface area (Å²) in [5.41, 5.74) is 0.476. The van der Waals surface area contributed by atoms with Gasteiger partial charge in [-0.2, -0.15) is 10.1 Å². The van der Waals surface area contributed by atoms with Crippen molar-refractivity contribution in [2.75, 3.05) is 13.7 Å². The highest BCUT2D eigenvalue weighted by molar-refractivity contribution is 6.07. The molecular weight excluding hydrogens is 388 g/mol. The number of benzene rings is 1. The molecule has 1 aromatic carbocycles. The number of imide groups is 1. The summed E-state index contributed by atoms with van der Waals surface area (Å²) in [6.45, 7) is 3.53. The van der Waals surface area contributed by atoms with Crippen LogP contribution in [0, 0.1) is 23.7 Å². The Labute approximate surface area is 174 Å². The number of carbonyl (C=O) groups excluding carboxylic acids is 3. The highest BCUT2D eigenvalue weighted by atomic mass is 16.6. The van der Waals surface area contributed by atoms with Crippen molar-refractivity contribution >= 4 is 24.0 Å². The molecule has 2 aliphatic carbocycles. The third-order valence-corrected chi connectivity index (χ3v) is 5.90. The molecule has 0 spiro atoms. The molecule has 1 saturated heterocycles. The molecule has 5 unspecified atom stereocenters. The number of para-hydroxylation sites is 1. The molecule has 0 radical (unpaired) electrons. The highest BCUT2D eigenvalue weighted by Gasteiger charge is 2.59. The minimum Gasteiger partial charge on any atom is -0.493 e. The number of allylic oxidation sites excluding steroid dienone is 2. The van der Waals surface area contributed by atoms with Gasteiger partial charge < -0.3 is 14.2 Å². The lowest BCUT2D eigenvalue weighted by atomic mass is 9.85. The maximum absolute atomic E-state index is 12.8. The summed E-state index contributed by atoms with van der Waals surface area (Å²) in [6.07, 6.45) is 5.46. The van der Waals surface area contributed by atoms with Gasteiger partial charge >= 0.3 is 5.97 Å². The highest BCUT2D eigenvalue weighted by Crippen LogP contribution is 2.52. The summed E-state index contributed by atoms with van der Waals surface area (Å²) >= 11 is 0. The van der Waals surface area contributed by atoms with Gasteiger partial charge in [0.15, 0.2) is 17.6 Å². The van der Waals surface area contributed by atoms with Crippen LogP contribution in [0.25, 0.3) is 0 Å². The number of esters is 1. The minimum absolute atomic E-state index is 0.123. The lowest BCUT2D eigenvalue weighted by Crippen LogP contribution is -2.28. The van der Waals surface area contributed by atoms with Crippen molar-refractivity contribution in [2.45, 2.75) is 26.4 Å². The molecule has 1 aliphatic heterocycles. The molecule has 5 atom stereocenters. The number of rotatable bonds is 7. The average molecular weight is 412 g/mol. The van der Waals surface area contributed by atoms with Crippen molar-refractivity contribution in [3.05, 3.63) is 35.9 Å². The summed E-state index contributed by atoms with van der Waals surface area (Å²) in [7, 11) is 1.48. The van der Waals surface area contributed by atoms with Gasteiger partial charge in [-0.05, 0) is 44.2 Å². The van der Waals surface area contributed by atoms with Crippen LogP contribution in [-0.2, 0) is 19.1 Å². The van der Waals surface area contributed by atoms with E-state index >= 15 is 0 Å². The zero-order valence-corrected chi connectivity index (χ0v) is 17.1. The third kappa shape index (κ3) is 3.26. The molecule has 1 aromatic rings. The second kappa shape index (κ2) is 7.93. The predicted molar refractivity (Wildman–Crippen MR) is 107 cm³/mol. The largest absolute Gasteiger partial charge is 0.493 e. The number of hydrogen-bond donors (Lipinski definition) is 0. The number of carbonyl (C=O) groups is 3. The molecule has 3 aliphatic rings. The van der Waals surface area contributed by atoms with Gasteiger partial charge in [-0.1, -0.05) is 18.2 Å². The fraction of sp³-hybridized carbons (Fsp3) is 0.455. The van der Waals surface area contributed by atoms with Crippen molar-refractivity contribution in [2.24, 2.45) is 28.8 Å². The first-order valence-corrected chi connectivity index (χ1v) is 10.1. The van der Waals surface area contributed by atoms with Crippen molar-refractivity contribution < 1.29 is 28.6 Å². The van der Waals surface area contributed by atoms with Crippen LogP contribution in [0.4, 0.5) is 0 Å². The molecule has 0 aromatic heterocycles. The second-order valence-corrected chi connectivity index (χ2v) is 7.62. The number of hydrogen-bond acceptors (Lipinski definition) is 7. The van der Waals surface area contributed by atoms with Crippen LogP contribution >= 0.6 is 0 Å². The molecule has 8 heteroatoms. The number of methoxy groups -OCH3 is 1. The first-order chi connectivity index (χ1) is 14.5. The summed E-state index contributed by atoms with van der Waals surface area (Å²) in [5.74, 6) is -0.725. The number of nitrogens with zero attached hydrogens (tertiary/aromatic N) is 2. The van der Waals surface area contributed by atoms with Crippen molar-refractivity contribution in [1.82, 2.24) is 5.01 Å². The SMILES string of the molecule is CCOC(=O)C(C)Oc1c(C=NN2C(=O)C3C4C=CC(C4)C3C2=O)cccc1OC. The van der Waals surface area contributed by atoms with Gasteiger partial charge in [0.1, 0.15) is 0 Å². The van der Waals surface area contributed by atoms with Crippen molar-refractivity contribution in [3.8, 4) is 11.5 Å². The van der Waals surface area contributed by atoms with Gasteiger partial charge in [0.25, 0.3) is 11.8 Å². The van der Waals surface area contributed by atoms with Gasteiger partial charge in [-0.3, -0.25) is 9.59 Å². The van der Waals surface area contributed by atoms with Gasteiger partial charge in [-0.25, -0.2) is 4.79 Å². The zero-order chi connectivity index (χ0) is 21.4. The molecule has 2 amide bonds. The minimum atomic E-state index is -0.871. The monoisotopic (exact) mass is 412 g/mol. The van der Waals surface area contributed by atoms with Crippen LogP contribution in [-0.4, -0.2) is 48.8 Å². The smallest absolute Gasteiger partial charge is 0.347 e. The Kier molecular flexibility index (Phi) is 5.32. The summed E-state index contributed by atoms with van der Waals surface area (Å²) < 4.78 is 16.1. The maximum Gasteiger partial charge on any atom is 0.347 e. The lowest BCUT2D eigenvalue weighted by Gasteiger charge is -2.18. The van der Waals surface area contributed by atoms with E-state index in [1.165, 1.54) is 13.3 Å².